The van der Waals surface area contributed by atoms with Gasteiger partial charge in [-0.05, 0) is 51.6 Å². The van der Waals surface area contributed by atoms with Crippen LogP contribution in [0.3, 0.4) is 0 Å². The SMILES string of the molecule is [CH3-].[CH3-].[Hf+4].c1ccc(CC(Cc2ccccc2)(c2c(-c3ccc(-c4ccccc4)cc3)[cH-]c3ccccc23)c2c(-c3ccc(-c4ccccc4)cc3)[cH-]c3ccccc23)cc1. The number of benzene rings is 8. The van der Waals surface area contributed by atoms with E-state index in [0.717, 1.165) is 12.8 Å². The van der Waals surface area contributed by atoms with E-state index in [1.54, 1.807) is 0 Å². The Morgan fingerprint density at radius 2 is 0.583 bits per heavy atom. The van der Waals surface area contributed by atoms with Crippen molar-refractivity contribution in [2.24, 2.45) is 0 Å². The molecule has 0 heterocycles. The number of hydrogen-bond acceptors (Lipinski definition) is 0. The third-order valence-corrected chi connectivity index (χ3v) is 11.9. The van der Waals surface area contributed by atoms with E-state index in [9.17, 15) is 0 Å². The predicted molar refractivity (Wildman–Crippen MR) is 255 cm³/mol. The third-order valence-electron chi connectivity index (χ3n) is 11.9. The monoisotopic (exact) mass is 936 g/mol. The molecule has 0 aliphatic heterocycles. The van der Waals surface area contributed by atoms with Crippen molar-refractivity contribution in [2.45, 2.75) is 18.3 Å². The molecule has 1 heteroatoms. The molecule has 0 saturated heterocycles. The minimum Gasteiger partial charge on any atom is -0.358 e. The molecule has 0 bridgehead atoms. The molecule has 0 unspecified atom stereocenters. The van der Waals surface area contributed by atoms with Crippen LogP contribution < -0.4 is 0 Å². The first kappa shape index (κ1) is 42.0. The minimum absolute atomic E-state index is 0. The quantitative estimate of drug-likeness (QED) is 0.0947. The molecule has 0 spiro atoms. The molecule has 0 fully saturated rings. The van der Waals surface area contributed by atoms with Crippen LogP contribution in [-0.2, 0) is 44.1 Å². The first-order valence-electron chi connectivity index (χ1n) is 20.0. The summed E-state index contributed by atoms with van der Waals surface area (Å²) in [4.78, 5) is 0. The minimum atomic E-state index is -0.476. The van der Waals surface area contributed by atoms with Gasteiger partial charge in [0.2, 0.25) is 0 Å². The summed E-state index contributed by atoms with van der Waals surface area (Å²) in [5.41, 5.74) is 14.9. The van der Waals surface area contributed by atoms with Gasteiger partial charge >= 0.3 is 25.8 Å². The van der Waals surface area contributed by atoms with Gasteiger partial charge in [-0.3, -0.25) is 0 Å². The van der Waals surface area contributed by atoms with E-state index in [-0.39, 0.29) is 40.7 Å². The second-order valence-corrected chi connectivity index (χ2v) is 15.3. The van der Waals surface area contributed by atoms with E-state index in [1.165, 1.54) is 88.3 Å². The van der Waals surface area contributed by atoms with Crippen LogP contribution in [-0.4, -0.2) is 0 Å². The van der Waals surface area contributed by atoms with Gasteiger partial charge in [0, 0.05) is 0 Å². The summed E-state index contributed by atoms with van der Waals surface area (Å²) in [6.45, 7) is 0. The van der Waals surface area contributed by atoms with E-state index in [1.807, 2.05) is 0 Å². The summed E-state index contributed by atoms with van der Waals surface area (Å²) in [7, 11) is 0. The molecule has 0 aromatic heterocycles. The van der Waals surface area contributed by atoms with Gasteiger partial charge < -0.3 is 14.9 Å². The standard InChI is InChI=1S/C57H42.2CH3.Hf/c1-5-17-41(18-6-1)39-57(40-42-19-7-2-8-20-42,55-51-27-15-13-25-49(51)37-53(55)47-33-29-45(30-34-47)43-21-9-3-10-22-43)56-52-28-16-14-26-50(52)38-54(56)48-35-31-46(32-36-48)44-23-11-4-12-24-44;;;/h1-38H,39-40H2;2*1H3;/q-2;2*-1;+4. The molecule has 288 valence electrons. The van der Waals surface area contributed by atoms with Gasteiger partial charge in [-0.15, -0.1) is 68.1 Å². The Hall–Kier alpha value is -6.15. The van der Waals surface area contributed by atoms with Gasteiger partial charge in [0.15, 0.2) is 0 Å². The molecule has 10 aromatic rings. The van der Waals surface area contributed by atoms with Crippen molar-refractivity contribution in [3.8, 4) is 44.5 Å². The smallest absolute Gasteiger partial charge is 0.358 e. The zero-order valence-corrected chi connectivity index (χ0v) is 37.9. The number of rotatable bonds is 10. The fraction of sp³-hybridized carbons (Fsp3) is 0.0508. The maximum Gasteiger partial charge on any atom is 4.00 e. The van der Waals surface area contributed by atoms with Crippen LogP contribution in [0.4, 0.5) is 0 Å². The first-order chi connectivity index (χ1) is 28.2. The summed E-state index contributed by atoms with van der Waals surface area (Å²) >= 11 is 0. The third kappa shape index (κ3) is 7.95. The molecule has 60 heavy (non-hydrogen) atoms. The van der Waals surface area contributed by atoms with E-state index in [4.69, 9.17) is 0 Å². The van der Waals surface area contributed by atoms with E-state index in [2.05, 4.69) is 231 Å². The predicted octanol–water partition coefficient (Wildman–Crippen LogP) is 15.8. The second kappa shape index (κ2) is 18.4. The van der Waals surface area contributed by atoms with Crippen LogP contribution in [0.25, 0.3) is 66.1 Å². The molecule has 0 N–H and O–H groups in total. The van der Waals surface area contributed by atoms with Crippen molar-refractivity contribution in [1.82, 2.24) is 0 Å². The Balaban J connectivity index is 0.00000181. The molecule has 0 amide bonds. The van der Waals surface area contributed by atoms with Crippen molar-refractivity contribution < 1.29 is 25.8 Å². The fourth-order valence-corrected chi connectivity index (χ4v) is 9.31. The van der Waals surface area contributed by atoms with E-state index in [0.29, 0.717) is 0 Å². The van der Waals surface area contributed by atoms with Crippen molar-refractivity contribution in [3.63, 3.8) is 0 Å². The molecule has 0 radical (unpaired) electrons. The van der Waals surface area contributed by atoms with E-state index < -0.39 is 5.41 Å². The fourth-order valence-electron chi connectivity index (χ4n) is 9.31. The Kier molecular flexibility index (Phi) is 12.9. The summed E-state index contributed by atoms with van der Waals surface area (Å²) in [6.07, 6.45) is 1.66. The van der Waals surface area contributed by atoms with Crippen molar-refractivity contribution in [1.29, 1.82) is 0 Å². The average molecular weight is 936 g/mol. The number of hydrogen-bond donors (Lipinski definition) is 0. The normalized spacial score (nSPS) is 11.1. The summed E-state index contributed by atoms with van der Waals surface area (Å²) in [5.74, 6) is 0. The Morgan fingerprint density at radius 1 is 0.300 bits per heavy atom. The Labute approximate surface area is 375 Å². The maximum atomic E-state index is 2.45. The Bertz CT molecular complexity index is 2690. The van der Waals surface area contributed by atoms with Crippen molar-refractivity contribution >= 4 is 21.5 Å². The van der Waals surface area contributed by atoms with Gasteiger partial charge in [0.1, 0.15) is 0 Å². The molecule has 10 rings (SSSR count). The van der Waals surface area contributed by atoms with Crippen LogP contribution in [0, 0.1) is 14.9 Å². The van der Waals surface area contributed by atoms with Gasteiger partial charge in [-0.25, -0.2) is 0 Å². The van der Waals surface area contributed by atoms with Crippen LogP contribution >= 0.6 is 0 Å². The molecule has 0 nitrogen and oxygen atoms in total. The molecular weight excluding hydrogens is 887 g/mol. The molecule has 10 aromatic carbocycles. The largest absolute Gasteiger partial charge is 4.00 e. The van der Waals surface area contributed by atoms with Gasteiger partial charge in [0.25, 0.3) is 0 Å². The van der Waals surface area contributed by atoms with Gasteiger partial charge in [-0.2, -0.15) is 0 Å². The summed E-state index contributed by atoms with van der Waals surface area (Å²) in [5, 5.41) is 5.15. The molecule has 0 atom stereocenters. The first-order valence-corrected chi connectivity index (χ1v) is 20.0. The van der Waals surface area contributed by atoms with Crippen LogP contribution in [0.2, 0.25) is 0 Å². The summed E-state index contributed by atoms with van der Waals surface area (Å²) < 4.78 is 0. The van der Waals surface area contributed by atoms with Crippen molar-refractivity contribution in [2.75, 3.05) is 0 Å². The number of fused-ring (bicyclic) bond motifs is 2. The van der Waals surface area contributed by atoms with Crippen LogP contribution in [0.1, 0.15) is 22.3 Å². The molecule has 0 saturated carbocycles. The average Bonchev–Trinajstić information content (AvgIpc) is 3.88. The topological polar surface area (TPSA) is 0 Å². The van der Waals surface area contributed by atoms with Gasteiger partial charge in [-0.1, -0.05) is 217 Å². The van der Waals surface area contributed by atoms with Crippen LogP contribution in [0.15, 0.2) is 231 Å². The maximum absolute atomic E-state index is 2.45. The zero-order valence-electron chi connectivity index (χ0n) is 34.4. The van der Waals surface area contributed by atoms with Gasteiger partial charge in [0.05, 0.1) is 0 Å². The molecular formula is C59H48Hf. The Morgan fingerprint density at radius 3 is 0.950 bits per heavy atom. The summed E-state index contributed by atoms with van der Waals surface area (Å²) in [6, 6.07) is 85.2. The zero-order chi connectivity index (χ0) is 38.0. The van der Waals surface area contributed by atoms with Crippen LogP contribution in [0.5, 0.6) is 0 Å². The molecule has 0 aliphatic rings. The van der Waals surface area contributed by atoms with Crippen molar-refractivity contribution in [3.05, 3.63) is 268 Å². The molecule has 0 aliphatic carbocycles. The van der Waals surface area contributed by atoms with E-state index >= 15 is 0 Å². The second-order valence-electron chi connectivity index (χ2n) is 15.3.